The molecule has 96 valence electrons. The number of hydrogen-bond donors (Lipinski definition) is 0. The van der Waals surface area contributed by atoms with E-state index in [1.807, 2.05) is 6.07 Å². The van der Waals surface area contributed by atoms with Crippen molar-refractivity contribution < 1.29 is 9.53 Å². The molecule has 0 amide bonds. The second-order valence-corrected chi connectivity index (χ2v) is 5.44. The second kappa shape index (κ2) is 5.13. The lowest BCUT2D eigenvalue weighted by molar-refractivity contribution is -0.120. The van der Waals surface area contributed by atoms with Gasteiger partial charge >= 0.3 is 0 Å². The summed E-state index contributed by atoms with van der Waals surface area (Å²) in [6.07, 6.45) is 7.62. The molecule has 0 spiro atoms. The monoisotopic (exact) mass is 244 g/mol. The maximum Gasteiger partial charge on any atom is 0.139 e. The van der Waals surface area contributed by atoms with Crippen LogP contribution in [0.4, 0.5) is 0 Å². The minimum absolute atomic E-state index is 0.360. The Morgan fingerprint density at radius 3 is 2.89 bits per heavy atom. The average molecular weight is 244 g/mol. The molecule has 0 unspecified atom stereocenters. The summed E-state index contributed by atoms with van der Waals surface area (Å²) < 4.78 is 5.83. The molecule has 0 N–H and O–H groups in total. The summed E-state index contributed by atoms with van der Waals surface area (Å²) in [5, 5.41) is 0. The Labute approximate surface area is 108 Å². The molecular weight excluding hydrogens is 224 g/mol. The molecule has 18 heavy (non-hydrogen) atoms. The van der Waals surface area contributed by atoms with Gasteiger partial charge in [0.15, 0.2) is 0 Å². The van der Waals surface area contributed by atoms with Crippen molar-refractivity contribution in [2.45, 2.75) is 44.9 Å². The quantitative estimate of drug-likeness (QED) is 0.794. The zero-order valence-corrected chi connectivity index (χ0v) is 10.8. The van der Waals surface area contributed by atoms with E-state index in [0.29, 0.717) is 24.7 Å². The molecule has 0 saturated heterocycles. The van der Waals surface area contributed by atoms with Gasteiger partial charge in [-0.05, 0) is 55.7 Å². The Morgan fingerprint density at radius 2 is 2.06 bits per heavy atom. The molecule has 0 radical (unpaired) electrons. The zero-order chi connectivity index (χ0) is 12.4. The van der Waals surface area contributed by atoms with E-state index in [9.17, 15) is 4.79 Å². The van der Waals surface area contributed by atoms with Crippen LogP contribution < -0.4 is 4.74 Å². The van der Waals surface area contributed by atoms with Crippen LogP contribution >= 0.6 is 0 Å². The van der Waals surface area contributed by atoms with E-state index in [1.54, 1.807) is 0 Å². The number of carbonyl (C=O) groups excluding carboxylic acids is 1. The highest BCUT2D eigenvalue weighted by Gasteiger charge is 2.28. The van der Waals surface area contributed by atoms with Crippen molar-refractivity contribution in [3.8, 4) is 5.75 Å². The van der Waals surface area contributed by atoms with Crippen molar-refractivity contribution in [3.63, 3.8) is 0 Å². The van der Waals surface area contributed by atoms with E-state index in [0.717, 1.165) is 25.0 Å². The summed E-state index contributed by atoms with van der Waals surface area (Å²) in [5.74, 6) is 1.76. The van der Waals surface area contributed by atoms with E-state index < -0.39 is 0 Å². The number of hydrogen-bond acceptors (Lipinski definition) is 2. The average Bonchev–Trinajstić information content (AvgIpc) is 3.23. The van der Waals surface area contributed by atoms with Gasteiger partial charge < -0.3 is 4.74 Å². The van der Waals surface area contributed by atoms with Crippen molar-refractivity contribution in [1.29, 1.82) is 0 Å². The largest absolute Gasteiger partial charge is 0.493 e. The van der Waals surface area contributed by atoms with E-state index in [-0.39, 0.29) is 0 Å². The van der Waals surface area contributed by atoms with Crippen LogP contribution in [-0.2, 0) is 17.6 Å². The number of aryl methyl sites for hydroxylation is 1. The molecule has 0 heterocycles. The number of ether oxygens (including phenoxy) is 1. The second-order valence-electron chi connectivity index (χ2n) is 5.44. The van der Waals surface area contributed by atoms with Gasteiger partial charge in [0, 0.05) is 12.3 Å². The first-order chi connectivity index (χ1) is 8.84. The Balaban J connectivity index is 1.60. The molecule has 2 aliphatic carbocycles. The normalized spacial score (nSPS) is 18.2. The lowest BCUT2D eigenvalue weighted by Gasteiger charge is -2.19. The highest BCUT2D eigenvalue weighted by molar-refractivity contribution is 5.83. The Bertz CT molecular complexity index is 446. The summed E-state index contributed by atoms with van der Waals surface area (Å²) in [5.41, 5.74) is 2.81. The number of fused-ring (bicyclic) bond motifs is 1. The summed E-state index contributed by atoms with van der Waals surface area (Å²) >= 11 is 0. The van der Waals surface area contributed by atoms with Crippen LogP contribution in [0.15, 0.2) is 18.2 Å². The van der Waals surface area contributed by atoms with Crippen LogP contribution in [0.1, 0.15) is 43.2 Å². The molecule has 2 heteroatoms. The lowest BCUT2D eigenvalue weighted by Crippen LogP contribution is -2.10. The zero-order valence-electron chi connectivity index (χ0n) is 10.8. The number of benzene rings is 1. The molecule has 0 atom stereocenters. The lowest BCUT2D eigenvalue weighted by atomic mass is 9.91. The maximum absolute atomic E-state index is 11.6. The highest BCUT2D eigenvalue weighted by atomic mass is 16.5. The Hall–Kier alpha value is -1.31. The topological polar surface area (TPSA) is 26.3 Å². The van der Waals surface area contributed by atoms with Gasteiger partial charge in [-0.3, -0.25) is 4.79 Å². The Kier molecular flexibility index (Phi) is 3.35. The standard InChI is InChI=1S/C16H20O2/c17-15(13-8-9-13)10-11-18-16-7-3-5-12-4-1-2-6-14(12)16/h3,5,7,13H,1-2,4,6,8-11H2. The van der Waals surface area contributed by atoms with E-state index >= 15 is 0 Å². The highest BCUT2D eigenvalue weighted by Crippen LogP contribution is 2.32. The predicted octanol–water partition coefficient (Wildman–Crippen LogP) is 3.31. The van der Waals surface area contributed by atoms with Crippen LogP contribution in [0.5, 0.6) is 5.75 Å². The number of carbonyl (C=O) groups is 1. The van der Waals surface area contributed by atoms with Crippen molar-refractivity contribution in [2.75, 3.05) is 6.61 Å². The molecule has 0 aromatic heterocycles. The number of rotatable bonds is 5. The molecule has 3 rings (SSSR count). The van der Waals surface area contributed by atoms with Crippen LogP contribution in [0.3, 0.4) is 0 Å². The molecule has 2 aliphatic rings. The van der Waals surface area contributed by atoms with Crippen LogP contribution in [0.2, 0.25) is 0 Å². The van der Waals surface area contributed by atoms with Crippen molar-refractivity contribution in [3.05, 3.63) is 29.3 Å². The summed E-state index contributed by atoms with van der Waals surface area (Å²) in [6.45, 7) is 0.547. The van der Waals surface area contributed by atoms with Crippen LogP contribution in [0, 0.1) is 5.92 Å². The van der Waals surface area contributed by atoms with Gasteiger partial charge in [0.05, 0.1) is 6.61 Å². The maximum atomic E-state index is 11.6. The predicted molar refractivity (Wildman–Crippen MR) is 70.9 cm³/mol. The molecule has 1 saturated carbocycles. The molecule has 1 fully saturated rings. The third-order valence-electron chi connectivity index (χ3n) is 3.99. The summed E-state index contributed by atoms with van der Waals surface area (Å²) in [4.78, 5) is 11.6. The van der Waals surface area contributed by atoms with E-state index in [4.69, 9.17) is 4.74 Å². The van der Waals surface area contributed by atoms with Gasteiger partial charge in [0.25, 0.3) is 0 Å². The summed E-state index contributed by atoms with van der Waals surface area (Å²) in [7, 11) is 0. The smallest absolute Gasteiger partial charge is 0.139 e. The fourth-order valence-electron chi connectivity index (χ4n) is 2.75. The minimum Gasteiger partial charge on any atom is -0.493 e. The van der Waals surface area contributed by atoms with Gasteiger partial charge in [-0.2, -0.15) is 0 Å². The van der Waals surface area contributed by atoms with Gasteiger partial charge in [-0.15, -0.1) is 0 Å². The first-order valence-corrected chi connectivity index (χ1v) is 7.11. The molecule has 0 bridgehead atoms. The van der Waals surface area contributed by atoms with Crippen LogP contribution in [-0.4, -0.2) is 12.4 Å². The van der Waals surface area contributed by atoms with Crippen molar-refractivity contribution in [2.24, 2.45) is 5.92 Å². The molecule has 1 aromatic rings. The Morgan fingerprint density at radius 1 is 1.22 bits per heavy atom. The van der Waals surface area contributed by atoms with Gasteiger partial charge in [0.1, 0.15) is 11.5 Å². The van der Waals surface area contributed by atoms with Crippen molar-refractivity contribution in [1.82, 2.24) is 0 Å². The number of ketones is 1. The third kappa shape index (κ3) is 2.58. The fraction of sp³-hybridized carbons (Fsp3) is 0.562. The first-order valence-electron chi connectivity index (χ1n) is 7.11. The van der Waals surface area contributed by atoms with Gasteiger partial charge in [-0.25, -0.2) is 0 Å². The van der Waals surface area contributed by atoms with Gasteiger partial charge in [0.2, 0.25) is 0 Å². The summed E-state index contributed by atoms with van der Waals surface area (Å²) in [6, 6.07) is 6.32. The number of Topliss-reactive ketones (excluding diaryl/α,β-unsaturated/α-hetero) is 1. The fourth-order valence-corrected chi connectivity index (χ4v) is 2.75. The minimum atomic E-state index is 0.360. The van der Waals surface area contributed by atoms with E-state index in [2.05, 4.69) is 12.1 Å². The molecular formula is C16H20O2. The SMILES string of the molecule is O=C(CCOc1cccc2c1CCCC2)C1CC1. The molecule has 2 nitrogen and oxygen atoms in total. The van der Waals surface area contributed by atoms with Crippen molar-refractivity contribution >= 4 is 5.78 Å². The first kappa shape index (κ1) is 11.8. The third-order valence-corrected chi connectivity index (χ3v) is 3.99. The van der Waals surface area contributed by atoms with Crippen LogP contribution in [0.25, 0.3) is 0 Å². The molecule has 1 aromatic carbocycles. The van der Waals surface area contributed by atoms with Gasteiger partial charge in [-0.1, -0.05) is 12.1 Å². The molecule has 0 aliphatic heterocycles. The van der Waals surface area contributed by atoms with E-state index in [1.165, 1.54) is 30.4 Å².